The molecule has 0 heterocycles. The smallest absolute Gasteiger partial charge is 0.122 e. The molecule has 0 bridgehead atoms. The Hall–Kier alpha value is -0.980. The molecule has 22 heavy (non-hydrogen) atoms. The predicted molar refractivity (Wildman–Crippen MR) is 91.5 cm³/mol. The molecule has 1 aromatic rings. The molecule has 0 aromatic heterocycles. The second-order valence-corrected chi connectivity index (χ2v) is 8.46. The summed E-state index contributed by atoms with van der Waals surface area (Å²) >= 11 is 0. The molecular weight excluding hydrogens is 268 g/mol. The van der Waals surface area contributed by atoms with Gasteiger partial charge >= 0.3 is 0 Å². The first kappa shape index (κ1) is 14.6. The van der Waals surface area contributed by atoms with Crippen molar-refractivity contribution >= 4 is 0 Å². The van der Waals surface area contributed by atoms with Crippen LogP contribution in [0.3, 0.4) is 0 Å². The van der Waals surface area contributed by atoms with Crippen molar-refractivity contribution in [3.05, 3.63) is 28.8 Å². The van der Waals surface area contributed by atoms with Crippen molar-refractivity contribution in [1.29, 1.82) is 0 Å². The van der Waals surface area contributed by atoms with Gasteiger partial charge in [-0.25, -0.2) is 0 Å². The van der Waals surface area contributed by atoms with E-state index in [1.807, 2.05) is 7.11 Å². The summed E-state index contributed by atoms with van der Waals surface area (Å²) in [5.74, 6) is 4.69. The van der Waals surface area contributed by atoms with Crippen LogP contribution in [0, 0.1) is 30.1 Å². The van der Waals surface area contributed by atoms with Crippen LogP contribution >= 0.6 is 0 Å². The third-order valence-electron chi connectivity index (χ3n) is 7.71. The van der Waals surface area contributed by atoms with Gasteiger partial charge in [-0.15, -0.1) is 0 Å². The normalized spacial score (nSPS) is 39.8. The number of fused-ring (bicyclic) bond motifs is 5. The van der Waals surface area contributed by atoms with Gasteiger partial charge in [0.2, 0.25) is 0 Å². The standard InChI is InChI=1S/C21H30O/c1-13-11-15-6-7-17-16(18(15)12-20(13)22-4)9-10-21(3)14(2)5-8-19(17)21/h11-12,14,16-17,19H,5-10H2,1-4H3/t14?,16?,17?,19?,21-/m1/s1. The van der Waals surface area contributed by atoms with Crippen molar-refractivity contribution in [2.75, 3.05) is 7.11 Å². The number of methoxy groups -OCH3 is 1. The second kappa shape index (κ2) is 5.01. The zero-order chi connectivity index (χ0) is 15.5. The van der Waals surface area contributed by atoms with Gasteiger partial charge in [-0.05, 0) is 97.3 Å². The number of ether oxygens (including phenoxy) is 1. The molecule has 5 atom stereocenters. The number of benzene rings is 1. The molecule has 0 aliphatic heterocycles. The minimum Gasteiger partial charge on any atom is -0.496 e. The van der Waals surface area contributed by atoms with Crippen molar-refractivity contribution in [2.24, 2.45) is 23.2 Å². The molecule has 2 saturated carbocycles. The van der Waals surface area contributed by atoms with E-state index in [2.05, 4.69) is 32.9 Å². The maximum absolute atomic E-state index is 5.61. The van der Waals surface area contributed by atoms with E-state index in [0.717, 1.165) is 29.4 Å². The topological polar surface area (TPSA) is 9.23 Å². The van der Waals surface area contributed by atoms with Crippen LogP contribution in [-0.4, -0.2) is 7.11 Å². The molecule has 0 spiro atoms. The highest BCUT2D eigenvalue weighted by Gasteiger charge is 2.53. The molecule has 0 saturated heterocycles. The molecule has 0 N–H and O–H groups in total. The molecule has 4 rings (SSSR count). The number of hydrogen-bond acceptors (Lipinski definition) is 1. The Bertz CT molecular complexity index is 590. The lowest BCUT2D eigenvalue weighted by Gasteiger charge is -2.50. The van der Waals surface area contributed by atoms with E-state index in [9.17, 15) is 0 Å². The van der Waals surface area contributed by atoms with Gasteiger partial charge in [-0.2, -0.15) is 0 Å². The first-order valence-corrected chi connectivity index (χ1v) is 9.22. The van der Waals surface area contributed by atoms with Crippen molar-refractivity contribution < 1.29 is 4.74 Å². The Kier molecular flexibility index (Phi) is 3.33. The Morgan fingerprint density at radius 1 is 1.14 bits per heavy atom. The van der Waals surface area contributed by atoms with Crippen molar-refractivity contribution in [3.8, 4) is 5.75 Å². The van der Waals surface area contributed by atoms with Gasteiger partial charge in [0.15, 0.2) is 0 Å². The highest BCUT2D eigenvalue weighted by Crippen LogP contribution is 2.62. The van der Waals surface area contributed by atoms with Gasteiger partial charge in [0.25, 0.3) is 0 Å². The summed E-state index contributed by atoms with van der Waals surface area (Å²) in [6, 6.07) is 4.78. The Balaban J connectivity index is 1.72. The predicted octanol–water partition coefficient (Wildman–Crippen LogP) is 5.50. The van der Waals surface area contributed by atoms with Gasteiger partial charge in [0.05, 0.1) is 7.11 Å². The lowest BCUT2D eigenvalue weighted by Crippen LogP contribution is -2.41. The third-order valence-corrected chi connectivity index (χ3v) is 7.71. The van der Waals surface area contributed by atoms with Crippen molar-refractivity contribution in [2.45, 2.75) is 65.2 Å². The summed E-state index contributed by atoms with van der Waals surface area (Å²) < 4.78 is 5.61. The molecule has 3 aliphatic rings. The molecule has 1 nitrogen and oxygen atoms in total. The lowest BCUT2D eigenvalue weighted by atomic mass is 9.54. The molecule has 120 valence electrons. The maximum Gasteiger partial charge on any atom is 0.122 e. The zero-order valence-corrected chi connectivity index (χ0v) is 14.6. The first-order chi connectivity index (χ1) is 10.5. The monoisotopic (exact) mass is 298 g/mol. The van der Waals surface area contributed by atoms with Gasteiger partial charge in [-0.3, -0.25) is 0 Å². The van der Waals surface area contributed by atoms with Crippen LogP contribution in [0.1, 0.15) is 68.6 Å². The van der Waals surface area contributed by atoms with E-state index in [1.54, 1.807) is 11.1 Å². The Morgan fingerprint density at radius 3 is 2.73 bits per heavy atom. The van der Waals surface area contributed by atoms with Gasteiger partial charge in [-0.1, -0.05) is 19.9 Å². The highest BCUT2D eigenvalue weighted by molar-refractivity contribution is 5.45. The van der Waals surface area contributed by atoms with E-state index < -0.39 is 0 Å². The molecule has 2 fully saturated rings. The minimum absolute atomic E-state index is 0.619. The molecule has 3 aliphatic carbocycles. The second-order valence-electron chi connectivity index (χ2n) is 8.46. The molecule has 0 amide bonds. The number of rotatable bonds is 1. The van der Waals surface area contributed by atoms with Crippen LogP contribution in [0.5, 0.6) is 5.75 Å². The Morgan fingerprint density at radius 2 is 1.95 bits per heavy atom. The fraction of sp³-hybridized carbons (Fsp3) is 0.714. The van der Waals surface area contributed by atoms with Gasteiger partial charge in [0.1, 0.15) is 5.75 Å². The number of aryl methyl sites for hydroxylation is 2. The fourth-order valence-corrected chi connectivity index (χ4v) is 6.21. The maximum atomic E-state index is 5.61. The van der Waals surface area contributed by atoms with Crippen LogP contribution < -0.4 is 4.74 Å². The SMILES string of the molecule is COc1cc2c(cc1C)CCC1C2CC[C@]2(C)C(C)CCC12. The molecular formula is C21H30O. The van der Waals surface area contributed by atoms with E-state index in [0.29, 0.717) is 5.41 Å². The van der Waals surface area contributed by atoms with E-state index in [-0.39, 0.29) is 0 Å². The quantitative estimate of drug-likeness (QED) is 0.665. The zero-order valence-electron chi connectivity index (χ0n) is 14.6. The summed E-state index contributed by atoms with van der Waals surface area (Å²) in [5.41, 5.74) is 5.15. The summed E-state index contributed by atoms with van der Waals surface area (Å²) in [6.07, 6.45) is 8.43. The average molecular weight is 298 g/mol. The summed E-state index contributed by atoms with van der Waals surface area (Å²) in [7, 11) is 1.81. The molecule has 1 heteroatoms. The fourth-order valence-electron chi connectivity index (χ4n) is 6.21. The van der Waals surface area contributed by atoms with Crippen LogP contribution in [0.2, 0.25) is 0 Å². The van der Waals surface area contributed by atoms with Gasteiger partial charge in [0, 0.05) is 0 Å². The summed E-state index contributed by atoms with van der Waals surface area (Å²) in [4.78, 5) is 0. The highest BCUT2D eigenvalue weighted by atomic mass is 16.5. The largest absolute Gasteiger partial charge is 0.496 e. The van der Waals surface area contributed by atoms with Crippen LogP contribution in [-0.2, 0) is 6.42 Å². The third kappa shape index (κ3) is 1.90. The van der Waals surface area contributed by atoms with E-state index in [1.165, 1.54) is 44.1 Å². The van der Waals surface area contributed by atoms with Crippen LogP contribution in [0.25, 0.3) is 0 Å². The lowest BCUT2D eigenvalue weighted by molar-refractivity contribution is 0.0336. The number of hydrogen-bond donors (Lipinski definition) is 0. The molecule has 0 radical (unpaired) electrons. The van der Waals surface area contributed by atoms with Crippen molar-refractivity contribution in [3.63, 3.8) is 0 Å². The van der Waals surface area contributed by atoms with Crippen molar-refractivity contribution in [1.82, 2.24) is 0 Å². The average Bonchev–Trinajstić information content (AvgIpc) is 2.82. The van der Waals surface area contributed by atoms with Gasteiger partial charge < -0.3 is 4.74 Å². The minimum atomic E-state index is 0.619. The molecule has 4 unspecified atom stereocenters. The first-order valence-electron chi connectivity index (χ1n) is 9.22. The summed E-state index contributed by atoms with van der Waals surface area (Å²) in [5, 5.41) is 0. The van der Waals surface area contributed by atoms with Crippen LogP contribution in [0.4, 0.5) is 0 Å². The Labute approximate surface area is 135 Å². The molecule has 1 aromatic carbocycles. The summed E-state index contributed by atoms with van der Waals surface area (Å²) in [6.45, 7) is 7.28. The van der Waals surface area contributed by atoms with E-state index >= 15 is 0 Å². The van der Waals surface area contributed by atoms with E-state index in [4.69, 9.17) is 4.74 Å². The van der Waals surface area contributed by atoms with Crippen LogP contribution in [0.15, 0.2) is 12.1 Å².